The second kappa shape index (κ2) is 5.56. The Balaban J connectivity index is 1.84. The lowest BCUT2D eigenvalue weighted by Crippen LogP contribution is -1.99. The largest absolute Gasteiger partial charge is 0.382 e. The fourth-order valence-electron chi connectivity index (χ4n) is 1.85. The highest BCUT2D eigenvalue weighted by Gasteiger charge is 2.13. The van der Waals surface area contributed by atoms with Gasteiger partial charge in [-0.2, -0.15) is 4.37 Å². The lowest BCUT2D eigenvalue weighted by Gasteiger charge is -2.05. The zero-order chi connectivity index (χ0) is 13.9. The first-order chi connectivity index (χ1) is 9.74. The molecule has 0 spiro atoms. The standard InChI is InChI=1S/C13H13N5S2/c1-8-7-19-10(17-8)6-16-13-11(12(14)18-20-13)9-3-2-4-15-5-9/h2-5,7,16H,6H2,1H3,(H2,14,18). The van der Waals surface area contributed by atoms with Crippen molar-refractivity contribution < 1.29 is 0 Å². The number of hydrogen-bond donors (Lipinski definition) is 2. The molecule has 0 aromatic carbocycles. The third kappa shape index (κ3) is 2.63. The molecule has 0 atom stereocenters. The minimum Gasteiger partial charge on any atom is -0.382 e. The molecular formula is C13H13N5S2. The predicted octanol–water partition coefficient (Wildman–Crippen LogP) is 3.16. The van der Waals surface area contributed by atoms with Crippen molar-refractivity contribution in [3.8, 4) is 11.1 Å². The van der Waals surface area contributed by atoms with E-state index in [9.17, 15) is 0 Å². The minimum absolute atomic E-state index is 0.529. The molecule has 20 heavy (non-hydrogen) atoms. The van der Waals surface area contributed by atoms with Gasteiger partial charge in [-0.15, -0.1) is 11.3 Å². The second-order valence-corrected chi connectivity index (χ2v) is 5.97. The molecule has 0 bridgehead atoms. The zero-order valence-electron chi connectivity index (χ0n) is 10.8. The summed E-state index contributed by atoms with van der Waals surface area (Å²) in [4.78, 5) is 8.56. The second-order valence-electron chi connectivity index (χ2n) is 4.25. The monoisotopic (exact) mass is 303 g/mol. The Bertz CT molecular complexity index is 705. The van der Waals surface area contributed by atoms with Gasteiger partial charge < -0.3 is 11.1 Å². The van der Waals surface area contributed by atoms with Crippen LogP contribution in [-0.4, -0.2) is 14.3 Å². The summed E-state index contributed by atoms with van der Waals surface area (Å²) >= 11 is 3.00. The molecule has 102 valence electrons. The van der Waals surface area contributed by atoms with Crippen LogP contribution in [0.2, 0.25) is 0 Å². The number of rotatable bonds is 4. The van der Waals surface area contributed by atoms with E-state index in [0.717, 1.165) is 26.8 Å². The Hall–Kier alpha value is -1.99. The number of nitrogen functional groups attached to an aromatic ring is 1. The summed E-state index contributed by atoms with van der Waals surface area (Å²) in [5.74, 6) is 0.529. The number of pyridine rings is 1. The van der Waals surface area contributed by atoms with Gasteiger partial charge in [0.05, 0.1) is 12.1 Å². The molecule has 3 aromatic heterocycles. The highest BCUT2D eigenvalue weighted by molar-refractivity contribution is 7.11. The van der Waals surface area contributed by atoms with E-state index in [1.807, 2.05) is 24.4 Å². The summed E-state index contributed by atoms with van der Waals surface area (Å²) in [6.07, 6.45) is 3.53. The van der Waals surface area contributed by atoms with E-state index >= 15 is 0 Å². The van der Waals surface area contributed by atoms with Gasteiger partial charge in [-0.3, -0.25) is 4.98 Å². The molecule has 0 aliphatic heterocycles. The number of thiazole rings is 1. The summed E-state index contributed by atoms with van der Waals surface area (Å²) < 4.78 is 4.22. The molecule has 0 radical (unpaired) electrons. The number of nitrogens with one attached hydrogen (secondary N) is 1. The molecular weight excluding hydrogens is 290 g/mol. The third-order valence-electron chi connectivity index (χ3n) is 2.74. The van der Waals surface area contributed by atoms with Crippen molar-refractivity contribution in [3.63, 3.8) is 0 Å². The van der Waals surface area contributed by atoms with E-state index in [2.05, 4.69) is 19.7 Å². The van der Waals surface area contributed by atoms with Gasteiger partial charge in [0.25, 0.3) is 0 Å². The smallest absolute Gasteiger partial charge is 0.147 e. The minimum atomic E-state index is 0.529. The average Bonchev–Trinajstić information content (AvgIpc) is 3.03. The fourth-order valence-corrected chi connectivity index (χ4v) is 3.30. The summed E-state index contributed by atoms with van der Waals surface area (Å²) in [5, 5.41) is 7.40. The number of nitrogens with zero attached hydrogens (tertiary/aromatic N) is 3. The van der Waals surface area contributed by atoms with Crippen molar-refractivity contribution in [1.29, 1.82) is 0 Å². The molecule has 0 fully saturated rings. The number of aromatic nitrogens is 3. The number of hydrogen-bond acceptors (Lipinski definition) is 7. The summed E-state index contributed by atoms with van der Waals surface area (Å²) in [5.41, 5.74) is 8.89. The lowest BCUT2D eigenvalue weighted by atomic mass is 10.1. The van der Waals surface area contributed by atoms with E-state index in [1.165, 1.54) is 11.5 Å². The van der Waals surface area contributed by atoms with Crippen molar-refractivity contribution in [1.82, 2.24) is 14.3 Å². The fraction of sp³-hybridized carbons (Fsp3) is 0.154. The highest BCUT2D eigenvalue weighted by Crippen LogP contribution is 2.36. The van der Waals surface area contributed by atoms with Crippen LogP contribution < -0.4 is 11.1 Å². The van der Waals surface area contributed by atoms with Crippen LogP contribution in [0.5, 0.6) is 0 Å². The van der Waals surface area contributed by atoms with Gasteiger partial charge >= 0.3 is 0 Å². The molecule has 0 amide bonds. The van der Waals surface area contributed by atoms with Gasteiger partial charge in [0, 0.05) is 29.0 Å². The normalized spacial score (nSPS) is 10.7. The molecule has 0 aliphatic carbocycles. The molecule has 7 heteroatoms. The van der Waals surface area contributed by atoms with Crippen molar-refractivity contribution in [2.45, 2.75) is 13.5 Å². The summed E-state index contributed by atoms with van der Waals surface area (Å²) in [6.45, 7) is 2.67. The molecule has 5 nitrogen and oxygen atoms in total. The predicted molar refractivity (Wildman–Crippen MR) is 83.9 cm³/mol. The first-order valence-electron chi connectivity index (χ1n) is 6.04. The Morgan fingerprint density at radius 3 is 3.00 bits per heavy atom. The molecule has 3 rings (SSSR count). The van der Waals surface area contributed by atoms with Crippen LogP contribution in [0.4, 0.5) is 10.8 Å². The topological polar surface area (TPSA) is 76.7 Å². The zero-order valence-corrected chi connectivity index (χ0v) is 12.5. The van der Waals surface area contributed by atoms with Gasteiger partial charge in [-0.25, -0.2) is 4.98 Å². The Morgan fingerprint density at radius 2 is 2.30 bits per heavy atom. The Labute approximate surface area is 124 Å². The molecule has 0 unspecified atom stereocenters. The van der Waals surface area contributed by atoms with E-state index in [0.29, 0.717) is 12.4 Å². The van der Waals surface area contributed by atoms with Crippen LogP contribution in [0.3, 0.4) is 0 Å². The van der Waals surface area contributed by atoms with Crippen molar-refractivity contribution >= 4 is 33.7 Å². The van der Waals surface area contributed by atoms with Gasteiger partial charge in [-0.1, -0.05) is 6.07 Å². The molecule has 0 saturated carbocycles. The van der Waals surface area contributed by atoms with Crippen molar-refractivity contribution in [2.75, 3.05) is 11.1 Å². The van der Waals surface area contributed by atoms with E-state index in [-0.39, 0.29) is 0 Å². The maximum absolute atomic E-state index is 5.96. The first-order valence-corrected chi connectivity index (χ1v) is 7.70. The maximum atomic E-state index is 5.96. The van der Waals surface area contributed by atoms with Crippen LogP contribution in [0.1, 0.15) is 10.7 Å². The van der Waals surface area contributed by atoms with E-state index in [1.54, 1.807) is 23.7 Å². The lowest BCUT2D eigenvalue weighted by molar-refractivity contribution is 1.08. The highest BCUT2D eigenvalue weighted by atomic mass is 32.1. The van der Waals surface area contributed by atoms with Crippen molar-refractivity contribution in [3.05, 3.63) is 40.6 Å². The van der Waals surface area contributed by atoms with Crippen LogP contribution in [0.25, 0.3) is 11.1 Å². The van der Waals surface area contributed by atoms with Gasteiger partial charge in [-0.05, 0) is 24.5 Å². The Kier molecular flexibility index (Phi) is 3.62. The molecule has 3 aromatic rings. The number of aryl methyl sites for hydroxylation is 1. The molecule has 3 heterocycles. The summed E-state index contributed by atoms with van der Waals surface area (Å²) in [7, 11) is 0. The third-order valence-corrected chi connectivity index (χ3v) is 4.52. The quantitative estimate of drug-likeness (QED) is 0.774. The summed E-state index contributed by atoms with van der Waals surface area (Å²) in [6, 6.07) is 3.87. The van der Waals surface area contributed by atoms with Crippen LogP contribution in [0.15, 0.2) is 29.9 Å². The maximum Gasteiger partial charge on any atom is 0.147 e. The van der Waals surface area contributed by atoms with Gasteiger partial charge in [0.1, 0.15) is 15.8 Å². The van der Waals surface area contributed by atoms with Gasteiger partial charge in [0.15, 0.2) is 0 Å². The number of nitrogens with two attached hydrogens (primary N) is 1. The van der Waals surface area contributed by atoms with Crippen LogP contribution in [0, 0.1) is 6.92 Å². The molecule has 3 N–H and O–H groups in total. The van der Waals surface area contributed by atoms with Gasteiger partial charge in [0.2, 0.25) is 0 Å². The molecule has 0 saturated heterocycles. The first kappa shape index (κ1) is 13.0. The van der Waals surface area contributed by atoms with Crippen molar-refractivity contribution in [2.24, 2.45) is 0 Å². The SMILES string of the molecule is Cc1csc(CNc2snc(N)c2-c2cccnc2)n1. The average molecular weight is 303 g/mol. The number of anilines is 2. The Morgan fingerprint density at radius 1 is 1.40 bits per heavy atom. The van der Waals surface area contributed by atoms with Crippen LogP contribution >= 0.6 is 22.9 Å². The molecule has 0 aliphatic rings. The van der Waals surface area contributed by atoms with E-state index in [4.69, 9.17) is 5.73 Å². The van der Waals surface area contributed by atoms with Crippen LogP contribution in [-0.2, 0) is 6.54 Å². The van der Waals surface area contributed by atoms with E-state index < -0.39 is 0 Å².